The number of pyridine rings is 1. The monoisotopic (exact) mass is 323 g/mol. The molecule has 0 bridgehead atoms. The molecule has 1 atom stereocenters. The molecule has 1 aliphatic heterocycles. The van der Waals surface area contributed by atoms with Gasteiger partial charge in [-0.25, -0.2) is 14.4 Å². The van der Waals surface area contributed by atoms with Crippen LogP contribution in [0.4, 0.5) is 21.6 Å². The summed E-state index contributed by atoms with van der Waals surface area (Å²) in [6.45, 7) is 3.15. The number of anilines is 3. The zero-order valence-electron chi connectivity index (χ0n) is 12.0. The second-order valence-electron chi connectivity index (χ2n) is 5.69. The number of benzene rings is 1. The first-order valence-corrected chi connectivity index (χ1v) is 7.08. The summed E-state index contributed by atoms with van der Waals surface area (Å²) in [5, 5.41) is 21.7. The first-order chi connectivity index (χ1) is 10.3. The minimum Gasteiger partial charge on any atom is -0.386 e. The number of fused-ring (bicyclic) bond motifs is 1. The van der Waals surface area contributed by atoms with Crippen molar-refractivity contribution in [2.45, 2.75) is 25.6 Å². The number of halogens is 2. The summed E-state index contributed by atoms with van der Waals surface area (Å²) in [6.07, 6.45) is 0.726. The average molecular weight is 324 g/mol. The van der Waals surface area contributed by atoms with Gasteiger partial charge in [0.1, 0.15) is 11.4 Å². The molecule has 0 amide bonds. The van der Waals surface area contributed by atoms with Crippen LogP contribution in [-0.4, -0.2) is 27.1 Å². The molecule has 2 N–H and O–H groups in total. The van der Waals surface area contributed by atoms with Gasteiger partial charge in [-0.05, 0) is 44.2 Å². The summed E-state index contributed by atoms with van der Waals surface area (Å²) >= 11 is 5.86. The van der Waals surface area contributed by atoms with Gasteiger partial charge in [0, 0.05) is 11.9 Å². The van der Waals surface area contributed by atoms with E-state index in [2.05, 4.69) is 4.98 Å². The zero-order valence-corrected chi connectivity index (χ0v) is 12.8. The van der Waals surface area contributed by atoms with Gasteiger partial charge in [0.05, 0.1) is 10.7 Å². The molecule has 1 unspecified atom stereocenters. The third kappa shape index (κ3) is 2.29. The predicted molar refractivity (Wildman–Crippen MR) is 82.1 cm³/mol. The first-order valence-electron chi connectivity index (χ1n) is 6.70. The molecule has 116 valence electrons. The number of hydroxylamine groups is 1. The van der Waals surface area contributed by atoms with Gasteiger partial charge in [-0.3, -0.25) is 5.21 Å². The molecule has 0 saturated carbocycles. The van der Waals surface area contributed by atoms with Gasteiger partial charge >= 0.3 is 0 Å². The van der Waals surface area contributed by atoms with Crippen molar-refractivity contribution < 1.29 is 14.7 Å². The Balaban J connectivity index is 2.18. The highest BCUT2D eigenvalue weighted by molar-refractivity contribution is 6.31. The van der Waals surface area contributed by atoms with Gasteiger partial charge in [-0.1, -0.05) is 11.6 Å². The number of aromatic nitrogens is 1. The van der Waals surface area contributed by atoms with Crippen molar-refractivity contribution in [1.82, 2.24) is 4.98 Å². The van der Waals surface area contributed by atoms with Crippen molar-refractivity contribution >= 4 is 28.8 Å². The summed E-state index contributed by atoms with van der Waals surface area (Å²) < 4.78 is 13.4. The SMILES string of the molecule is CC(C)(O)C1N(O)c2ncccc2N1c1ccc(F)c(Cl)c1. The number of hydrogen-bond donors (Lipinski definition) is 2. The summed E-state index contributed by atoms with van der Waals surface area (Å²) in [6, 6.07) is 7.71. The topological polar surface area (TPSA) is 59.8 Å². The predicted octanol–water partition coefficient (Wildman–Crippen LogP) is 3.32. The van der Waals surface area contributed by atoms with E-state index in [4.69, 9.17) is 11.6 Å². The van der Waals surface area contributed by atoms with E-state index in [-0.39, 0.29) is 5.02 Å². The number of nitrogens with zero attached hydrogens (tertiary/aromatic N) is 3. The Labute approximate surface area is 132 Å². The van der Waals surface area contributed by atoms with E-state index in [0.29, 0.717) is 17.2 Å². The van der Waals surface area contributed by atoms with E-state index in [9.17, 15) is 14.7 Å². The van der Waals surface area contributed by atoms with E-state index in [1.54, 1.807) is 37.1 Å². The number of rotatable bonds is 2. The molecule has 0 spiro atoms. The third-order valence-electron chi connectivity index (χ3n) is 3.53. The van der Waals surface area contributed by atoms with E-state index in [1.807, 2.05) is 0 Å². The summed E-state index contributed by atoms with van der Waals surface area (Å²) in [4.78, 5) is 5.81. The lowest BCUT2D eigenvalue weighted by Gasteiger charge is -2.37. The van der Waals surface area contributed by atoms with Gasteiger partial charge in [0.2, 0.25) is 0 Å². The van der Waals surface area contributed by atoms with Crippen LogP contribution < -0.4 is 9.96 Å². The summed E-state index contributed by atoms with van der Waals surface area (Å²) in [7, 11) is 0. The molecule has 0 aliphatic carbocycles. The van der Waals surface area contributed by atoms with Crippen molar-refractivity contribution in [3.05, 3.63) is 47.4 Å². The molecule has 0 fully saturated rings. The quantitative estimate of drug-likeness (QED) is 0.888. The molecule has 7 heteroatoms. The smallest absolute Gasteiger partial charge is 0.178 e. The Kier molecular flexibility index (Phi) is 3.47. The van der Waals surface area contributed by atoms with Crippen LogP contribution in [0.25, 0.3) is 0 Å². The van der Waals surface area contributed by atoms with Gasteiger partial charge in [0.15, 0.2) is 12.0 Å². The standard InChI is InChI=1S/C15H15ClFN3O2/c1-15(2,21)14-19(9-5-6-11(17)10(16)8-9)12-4-3-7-18-13(12)20(14)22/h3-8,14,21-22H,1-2H3. The molecule has 5 nitrogen and oxygen atoms in total. The van der Waals surface area contributed by atoms with Crippen molar-refractivity contribution in [1.29, 1.82) is 0 Å². The molecule has 1 aliphatic rings. The lowest BCUT2D eigenvalue weighted by Crippen LogP contribution is -2.53. The molecule has 3 rings (SSSR count). The van der Waals surface area contributed by atoms with Crippen molar-refractivity contribution in [3.8, 4) is 0 Å². The molecule has 2 aromatic rings. The van der Waals surface area contributed by atoms with Crippen LogP contribution in [0, 0.1) is 5.82 Å². The maximum Gasteiger partial charge on any atom is 0.178 e. The van der Waals surface area contributed by atoms with Crippen LogP contribution in [0.15, 0.2) is 36.5 Å². The van der Waals surface area contributed by atoms with Crippen LogP contribution in [0.2, 0.25) is 5.02 Å². The Morgan fingerprint density at radius 2 is 2.05 bits per heavy atom. The Morgan fingerprint density at radius 3 is 2.68 bits per heavy atom. The highest BCUT2D eigenvalue weighted by Crippen LogP contribution is 2.45. The van der Waals surface area contributed by atoms with Gasteiger partial charge in [-0.15, -0.1) is 0 Å². The molecular weight excluding hydrogens is 309 g/mol. The van der Waals surface area contributed by atoms with Crippen LogP contribution in [0.3, 0.4) is 0 Å². The third-order valence-corrected chi connectivity index (χ3v) is 3.82. The minimum atomic E-state index is -1.28. The number of hydrogen-bond acceptors (Lipinski definition) is 5. The maximum absolute atomic E-state index is 13.4. The summed E-state index contributed by atoms with van der Waals surface area (Å²) in [5.74, 6) is -0.216. The number of aliphatic hydroxyl groups is 1. The lowest BCUT2D eigenvalue weighted by atomic mass is 10.0. The zero-order chi connectivity index (χ0) is 16.1. The first kappa shape index (κ1) is 15.0. The molecular formula is C15H15ClFN3O2. The maximum atomic E-state index is 13.4. The van der Waals surface area contributed by atoms with Crippen LogP contribution in [-0.2, 0) is 0 Å². The Hall–Kier alpha value is -1.89. The highest BCUT2D eigenvalue weighted by atomic mass is 35.5. The van der Waals surface area contributed by atoms with Crippen molar-refractivity contribution in [2.24, 2.45) is 0 Å². The van der Waals surface area contributed by atoms with Gasteiger partial charge in [-0.2, -0.15) is 0 Å². The molecule has 0 radical (unpaired) electrons. The Bertz CT molecular complexity index is 720. The van der Waals surface area contributed by atoms with Crippen LogP contribution in [0.5, 0.6) is 0 Å². The van der Waals surface area contributed by atoms with Crippen molar-refractivity contribution in [2.75, 3.05) is 9.96 Å². The fourth-order valence-corrected chi connectivity index (χ4v) is 2.82. The summed E-state index contributed by atoms with van der Waals surface area (Å²) in [5.41, 5.74) is -0.139. The minimum absolute atomic E-state index is 0.0335. The van der Waals surface area contributed by atoms with Crippen LogP contribution >= 0.6 is 11.6 Å². The average Bonchev–Trinajstić information content (AvgIpc) is 2.76. The highest BCUT2D eigenvalue weighted by Gasteiger charge is 2.45. The lowest BCUT2D eigenvalue weighted by molar-refractivity contribution is 0.0225. The van der Waals surface area contributed by atoms with E-state index >= 15 is 0 Å². The Morgan fingerprint density at radius 1 is 1.32 bits per heavy atom. The largest absolute Gasteiger partial charge is 0.386 e. The molecule has 2 heterocycles. The fraction of sp³-hybridized carbons (Fsp3) is 0.267. The van der Waals surface area contributed by atoms with Crippen LogP contribution in [0.1, 0.15) is 13.8 Å². The molecule has 22 heavy (non-hydrogen) atoms. The molecule has 1 aromatic heterocycles. The molecule has 0 saturated heterocycles. The molecule has 1 aromatic carbocycles. The van der Waals surface area contributed by atoms with Crippen molar-refractivity contribution in [3.63, 3.8) is 0 Å². The normalized spacial score (nSPS) is 17.8. The van der Waals surface area contributed by atoms with E-state index < -0.39 is 17.6 Å². The fourth-order valence-electron chi connectivity index (χ4n) is 2.64. The van der Waals surface area contributed by atoms with E-state index in [1.165, 1.54) is 18.2 Å². The van der Waals surface area contributed by atoms with Gasteiger partial charge < -0.3 is 10.0 Å². The van der Waals surface area contributed by atoms with E-state index in [0.717, 1.165) is 5.06 Å². The van der Waals surface area contributed by atoms with Gasteiger partial charge in [0.25, 0.3) is 0 Å². The second kappa shape index (κ2) is 5.08. The second-order valence-corrected chi connectivity index (χ2v) is 6.09.